The number of ether oxygens (including phenoxy) is 3. The summed E-state index contributed by atoms with van der Waals surface area (Å²) in [6, 6.07) is 0. The van der Waals surface area contributed by atoms with Crippen LogP contribution in [-0.2, 0) is 28.6 Å². The molecule has 0 aromatic heterocycles. The van der Waals surface area contributed by atoms with E-state index >= 15 is 0 Å². The van der Waals surface area contributed by atoms with Gasteiger partial charge < -0.3 is 24.4 Å². The summed E-state index contributed by atoms with van der Waals surface area (Å²) < 4.78 is 14.9. The van der Waals surface area contributed by atoms with Crippen LogP contribution in [0.25, 0.3) is 0 Å². The molecule has 0 aliphatic carbocycles. The first kappa shape index (κ1) is 19.9. The van der Waals surface area contributed by atoms with Crippen LogP contribution in [0.4, 0.5) is 0 Å². The molecule has 1 aliphatic heterocycles. The Kier molecular flexibility index (Phi) is 7.60. The van der Waals surface area contributed by atoms with E-state index in [0.717, 1.165) is 6.08 Å². The largest absolute Gasteiger partial charge is 0.460 e. The van der Waals surface area contributed by atoms with Gasteiger partial charge in [0.2, 0.25) is 0 Å². The summed E-state index contributed by atoms with van der Waals surface area (Å²) in [5, 5.41) is 19.8. The lowest BCUT2D eigenvalue weighted by molar-refractivity contribution is -0.155. The van der Waals surface area contributed by atoms with E-state index in [0.29, 0.717) is 0 Å². The summed E-state index contributed by atoms with van der Waals surface area (Å²) in [5.41, 5.74) is 0. The molecule has 134 valence electrons. The van der Waals surface area contributed by atoms with Crippen molar-refractivity contribution in [3.05, 3.63) is 24.3 Å². The second kappa shape index (κ2) is 9.19. The molecule has 0 fully saturated rings. The Balaban J connectivity index is 2.72. The van der Waals surface area contributed by atoms with Gasteiger partial charge in [0.1, 0.15) is 24.4 Å². The predicted octanol–water partition coefficient (Wildman–Crippen LogP) is 0.0194. The molecule has 0 unspecified atom stereocenters. The molecule has 5 atom stereocenters. The zero-order chi connectivity index (χ0) is 18.3. The summed E-state index contributed by atoms with van der Waals surface area (Å²) in [6.45, 7) is 3.94. The fourth-order valence-electron chi connectivity index (χ4n) is 2.07. The maximum atomic E-state index is 11.2. The number of aliphatic hydroxyl groups is 2. The SMILES string of the molecule is CC(=O)O[C@H](/C=C\[C@@H]1OC(=O)C=C[C@@H]1O)C[C@@H](O)[C@H](C)OC(C)=O. The van der Waals surface area contributed by atoms with E-state index in [2.05, 4.69) is 0 Å². The van der Waals surface area contributed by atoms with Crippen molar-refractivity contribution in [3.8, 4) is 0 Å². The lowest BCUT2D eigenvalue weighted by Crippen LogP contribution is -2.33. The smallest absolute Gasteiger partial charge is 0.331 e. The van der Waals surface area contributed by atoms with Crippen LogP contribution in [0.2, 0.25) is 0 Å². The number of cyclic esters (lactones) is 1. The lowest BCUT2D eigenvalue weighted by atomic mass is 10.0. The lowest BCUT2D eigenvalue weighted by Gasteiger charge is -2.24. The van der Waals surface area contributed by atoms with Crippen molar-refractivity contribution in [2.45, 2.75) is 57.7 Å². The zero-order valence-electron chi connectivity index (χ0n) is 13.7. The van der Waals surface area contributed by atoms with E-state index in [1.165, 1.54) is 39.0 Å². The molecule has 8 nitrogen and oxygen atoms in total. The minimum atomic E-state index is -1.07. The molecule has 0 bridgehead atoms. The monoisotopic (exact) mass is 342 g/mol. The number of carbonyl (C=O) groups excluding carboxylic acids is 3. The molecule has 1 rings (SSSR count). The van der Waals surface area contributed by atoms with Gasteiger partial charge in [-0.15, -0.1) is 0 Å². The molecule has 1 aliphatic rings. The Bertz CT molecular complexity index is 524. The first-order chi connectivity index (χ1) is 11.2. The molecule has 0 radical (unpaired) electrons. The Morgan fingerprint density at radius 3 is 2.54 bits per heavy atom. The highest BCUT2D eigenvalue weighted by Gasteiger charge is 2.25. The van der Waals surface area contributed by atoms with Gasteiger partial charge in [-0.25, -0.2) is 4.79 Å². The van der Waals surface area contributed by atoms with Crippen molar-refractivity contribution >= 4 is 17.9 Å². The van der Waals surface area contributed by atoms with Gasteiger partial charge in [0.05, 0.1) is 6.10 Å². The minimum Gasteiger partial charge on any atom is -0.460 e. The van der Waals surface area contributed by atoms with Crippen LogP contribution < -0.4 is 0 Å². The number of esters is 3. The van der Waals surface area contributed by atoms with Gasteiger partial charge in [0.15, 0.2) is 0 Å². The minimum absolute atomic E-state index is 0.0306. The summed E-state index contributed by atoms with van der Waals surface area (Å²) >= 11 is 0. The van der Waals surface area contributed by atoms with Gasteiger partial charge in [-0.2, -0.15) is 0 Å². The second-order valence-electron chi connectivity index (χ2n) is 5.40. The molecule has 0 amide bonds. The standard InChI is InChI=1S/C16H22O8/c1-9(22-10(2)17)14(20)8-12(23-11(3)18)4-6-15-13(19)5-7-16(21)24-15/h4-7,9,12-15,19-20H,8H2,1-3H3/b6-4-/t9-,12+,13-,14+,15-/m0/s1. The van der Waals surface area contributed by atoms with Crippen molar-refractivity contribution in [3.63, 3.8) is 0 Å². The van der Waals surface area contributed by atoms with Crippen LogP contribution >= 0.6 is 0 Å². The molecule has 0 spiro atoms. The van der Waals surface area contributed by atoms with Crippen molar-refractivity contribution in [1.82, 2.24) is 0 Å². The summed E-state index contributed by atoms with van der Waals surface area (Å²) in [6.07, 6.45) is 0.544. The van der Waals surface area contributed by atoms with Crippen LogP contribution in [0.3, 0.4) is 0 Å². The molecule has 0 saturated carbocycles. The highest BCUT2D eigenvalue weighted by atomic mass is 16.6. The van der Waals surface area contributed by atoms with Gasteiger partial charge >= 0.3 is 17.9 Å². The summed E-state index contributed by atoms with van der Waals surface area (Å²) in [4.78, 5) is 33.3. The van der Waals surface area contributed by atoms with Crippen molar-refractivity contribution in [1.29, 1.82) is 0 Å². The molecule has 24 heavy (non-hydrogen) atoms. The Morgan fingerprint density at radius 1 is 1.33 bits per heavy atom. The number of aliphatic hydroxyl groups excluding tert-OH is 2. The molecule has 1 heterocycles. The first-order valence-corrected chi connectivity index (χ1v) is 7.46. The second-order valence-corrected chi connectivity index (χ2v) is 5.40. The van der Waals surface area contributed by atoms with E-state index in [-0.39, 0.29) is 6.42 Å². The third-order valence-electron chi connectivity index (χ3n) is 3.22. The Morgan fingerprint density at radius 2 is 1.96 bits per heavy atom. The van der Waals surface area contributed by atoms with E-state index in [1.807, 2.05) is 0 Å². The Hall–Kier alpha value is -2.19. The molecule has 0 aromatic carbocycles. The number of hydrogen-bond donors (Lipinski definition) is 2. The van der Waals surface area contributed by atoms with Crippen LogP contribution in [0.15, 0.2) is 24.3 Å². The van der Waals surface area contributed by atoms with Gasteiger partial charge in [-0.05, 0) is 25.2 Å². The van der Waals surface area contributed by atoms with E-state index in [9.17, 15) is 24.6 Å². The van der Waals surface area contributed by atoms with E-state index in [4.69, 9.17) is 14.2 Å². The quantitative estimate of drug-likeness (QED) is 0.377. The van der Waals surface area contributed by atoms with E-state index in [1.54, 1.807) is 0 Å². The average Bonchev–Trinajstić information content (AvgIpc) is 2.46. The fourth-order valence-corrected chi connectivity index (χ4v) is 2.07. The number of rotatable bonds is 7. The normalized spacial score (nSPS) is 24.1. The van der Waals surface area contributed by atoms with Gasteiger partial charge in [-0.3, -0.25) is 9.59 Å². The third-order valence-corrected chi connectivity index (χ3v) is 3.22. The highest BCUT2D eigenvalue weighted by Crippen LogP contribution is 2.14. The van der Waals surface area contributed by atoms with Crippen molar-refractivity contribution < 1.29 is 38.8 Å². The van der Waals surface area contributed by atoms with Gasteiger partial charge in [-0.1, -0.05) is 0 Å². The molecular weight excluding hydrogens is 320 g/mol. The van der Waals surface area contributed by atoms with Crippen molar-refractivity contribution in [2.75, 3.05) is 0 Å². The van der Waals surface area contributed by atoms with Crippen LogP contribution in [-0.4, -0.2) is 58.6 Å². The maximum Gasteiger partial charge on any atom is 0.331 e. The molecule has 8 heteroatoms. The van der Waals surface area contributed by atoms with Crippen LogP contribution in [0.1, 0.15) is 27.2 Å². The molecule has 2 N–H and O–H groups in total. The average molecular weight is 342 g/mol. The van der Waals surface area contributed by atoms with Crippen molar-refractivity contribution in [2.24, 2.45) is 0 Å². The first-order valence-electron chi connectivity index (χ1n) is 7.46. The predicted molar refractivity (Wildman–Crippen MR) is 81.6 cm³/mol. The summed E-state index contributed by atoms with van der Waals surface area (Å²) in [7, 11) is 0. The van der Waals surface area contributed by atoms with E-state index < -0.39 is 48.4 Å². The van der Waals surface area contributed by atoms with Gasteiger partial charge in [0, 0.05) is 26.3 Å². The molecule has 0 saturated heterocycles. The highest BCUT2D eigenvalue weighted by molar-refractivity contribution is 5.83. The fraction of sp³-hybridized carbons (Fsp3) is 0.562. The zero-order valence-corrected chi connectivity index (χ0v) is 13.7. The Labute approximate surface area is 139 Å². The number of carbonyl (C=O) groups is 3. The molecular formula is C16H22O8. The van der Waals surface area contributed by atoms with Crippen LogP contribution in [0, 0.1) is 0 Å². The topological polar surface area (TPSA) is 119 Å². The third kappa shape index (κ3) is 6.93. The van der Waals surface area contributed by atoms with Gasteiger partial charge in [0.25, 0.3) is 0 Å². The van der Waals surface area contributed by atoms with Crippen LogP contribution in [0.5, 0.6) is 0 Å². The molecule has 0 aromatic rings. The summed E-state index contributed by atoms with van der Waals surface area (Å²) in [5.74, 6) is -1.70. The number of hydrogen-bond acceptors (Lipinski definition) is 8. The maximum absolute atomic E-state index is 11.2.